The van der Waals surface area contributed by atoms with E-state index in [4.69, 9.17) is 4.74 Å². The standard InChI is InChI=1S/C30H37FN4O2/c1-4-33(22-26-8-5-6-9-27(26)31)20-24-11-13-25(14-12-24)21-34-16-18-35(19-17-34)29-28(10-7-15-32-29)37-30(36)23(2)3/h5-15,23H,4,16-22H2,1-3H3. The first kappa shape index (κ1) is 26.8. The lowest BCUT2D eigenvalue weighted by atomic mass is 10.1. The summed E-state index contributed by atoms with van der Waals surface area (Å²) in [4.78, 5) is 23.5. The second-order valence-electron chi connectivity index (χ2n) is 9.88. The van der Waals surface area contributed by atoms with Crippen LogP contribution in [0.25, 0.3) is 0 Å². The van der Waals surface area contributed by atoms with Gasteiger partial charge >= 0.3 is 5.97 Å². The van der Waals surface area contributed by atoms with Crippen LogP contribution in [0.15, 0.2) is 66.9 Å². The van der Waals surface area contributed by atoms with E-state index in [-0.39, 0.29) is 17.7 Å². The topological polar surface area (TPSA) is 48.9 Å². The van der Waals surface area contributed by atoms with Gasteiger partial charge in [0.05, 0.1) is 5.92 Å². The molecule has 3 aromatic rings. The summed E-state index contributed by atoms with van der Waals surface area (Å²) in [6.45, 7) is 12.4. The van der Waals surface area contributed by atoms with Crippen molar-refractivity contribution < 1.29 is 13.9 Å². The van der Waals surface area contributed by atoms with E-state index in [0.29, 0.717) is 12.3 Å². The number of carbonyl (C=O) groups is 1. The third kappa shape index (κ3) is 7.37. The molecule has 37 heavy (non-hydrogen) atoms. The Bertz CT molecular complexity index is 1160. The summed E-state index contributed by atoms with van der Waals surface area (Å²) in [5, 5.41) is 0. The normalized spacial score (nSPS) is 14.4. The van der Waals surface area contributed by atoms with E-state index in [1.54, 1.807) is 18.3 Å². The number of hydrogen-bond acceptors (Lipinski definition) is 6. The number of nitrogens with zero attached hydrogens (tertiary/aromatic N) is 4. The molecule has 196 valence electrons. The number of esters is 1. The van der Waals surface area contributed by atoms with Crippen molar-refractivity contribution >= 4 is 11.8 Å². The molecular formula is C30H37FN4O2. The Kier molecular flexibility index (Phi) is 9.25. The fourth-order valence-electron chi connectivity index (χ4n) is 4.46. The van der Waals surface area contributed by atoms with Crippen LogP contribution >= 0.6 is 0 Å². The number of hydrogen-bond donors (Lipinski definition) is 0. The van der Waals surface area contributed by atoms with Gasteiger partial charge in [-0.1, -0.05) is 63.2 Å². The molecule has 2 aromatic carbocycles. The smallest absolute Gasteiger partial charge is 0.313 e. The van der Waals surface area contributed by atoms with Crippen LogP contribution in [0, 0.1) is 11.7 Å². The maximum absolute atomic E-state index is 14.1. The van der Waals surface area contributed by atoms with Gasteiger partial charge in [-0.3, -0.25) is 14.6 Å². The van der Waals surface area contributed by atoms with Crippen LogP contribution in [-0.2, 0) is 24.4 Å². The number of benzene rings is 2. The zero-order valence-electron chi connectivity index (χ0n) is 22.1. The lowest BCUT2D eigenvalue weighted by Crippen LogP contribution is -2.46. The predicted octanol–water partition coefficient (Wildman–Crippen LogP) is 5.13. The molecule has 4 rings (SSSR count). The van der Waals surface area contributed by atoms with Gasteiger partial charge in [0.15, 0.2) is 11.6 Å². The lowest BCUT2D eigenvalue weighted by molar-refractivity contribution is -0.137. The summed E-state index contributed by atoms with van der Waals surface area (Å²) < 4.78 is 19.7. The molecule has 0 aliphatic carbocycles. The third-order valence-corrected chi connectivity index (χ3v) is 6.74. The Hall–Kier alpha value is -3.29. The van der Waals surface area contributed by atoms with Gasteiger partial charge in [-0.05, 0) is 35.9 Å². The molecule has 0 N–H and O–H groups in total. The van der Waals surface area contributed by atoms with Crippen LogP contribution in [0.5, 0.6) is 5.75 Å². The number of ether oxygens (including phenoxy) is 1. The average Bonchev–Trinajstić information content (AvgIpc) is 2.91. The molecule has 1 aromatic heterocycles. The van der Waals surface area contributed by atoms with E-state index in [1.165, 1.54) is 17.2 Å². The van der Waals surface area contributed by atoms with E-state index in [2.05, 4.69) is 50.9 Å². The van der Waals surface area contributed by atoms with Crippen LogP contribution in [0.4, 0.5) is 10.2 Å². The average molecular weight is 505 g/mol. The summed E-state index contributed by atoms with van der Waals surface area (Å²) in [6, 6.07) is 19.4. The van der Waals surface area contributed by atoms with Crippen molar-refractivity contribution in [3.63, 3.8) is 0 Å². The fourth-order valence-corrected chi connectivity index (χ4v) is 4.46. The van der Waals surface area contributed by atoms with Crippen molar-refractivity contribution in [1.82, 2.24) is 14.8 Å². The molecule has 0 atom stereocenters. The third-order valence-electron chi connectivity index (χ3n) is 6.74. The van der Waals surface area contributed by atoms with Crippen LogP contribution in [-0.4, -0.2) is 53.5 Å². The molecule has 0 unspecified atom stereocenters. The second-order valence-corrected chi connectivity index (χ2v) is 9.88. The number of pyridine rings is 1. The van der Waals surface area contributed by atoms with Gasteiger partial charge in [0.1, 0.15) is 5.82 Å². The van der Waals surface area contributed by atoms with E-state index < -0.39 is 0 Å². The summed E-state index contributed by atoms with van der Waals surface area (Å²) in [5.74, 6) is 0.684. The summed E-state index contributed by atoms with van der Waals surface area (Å²) in [7, 11) is 0. The molecule has 1 fully saturated rings. The first-order valence-corrected chi connectivity index (χ1v) is 13.1. The number of halogens is 1. The molecule has 0 amide bonds. The van der Waals surface area contributed by atoms with Crippen molar-refractivity contribution in [2.24, 2.45) is 5.92 Å². The van der Waals surface area contributed by atoms with Crippen molar-refractivity contribution in [2.75, 3.05) is 37.6 Å². The Morgan fingerprint density at radius 3 is 2.35 bits per heavy atom. The Balaban J connectivity index is 1.29. The zero-order chi connectivity index (χ0) is 26.2. The van der Waals surface area contributed by atoms with E-state index in [0.717, 1.165) is 57.2 Å². The highest BCUT2D eigenvalue weighted by atomic mass is 19.1. The Morgan fingerprint density at radius 2 is 1.68 bits per heavy atom. The van der Waals surface area contributed by atoms with Crippen LogP contribution in [0.1, 0.15) is 37.5 Å². The van der Waals surface area contributed by atoms with Gasteiger partial charge in [0.25, 0.3) is 0 Å². The molecular weight excluding hydrogens is 467 g/mol. The predicted molar refractivity (Wildman–Crippen MR) is 145 cm³/mol. The van der Waals surface area contributed by atoms with E-state index in [1.807, 2.05) is 32.0 Å². The first-order valence-electron chi connectivity index (χ1n) is 13.1. The SMILES string of the molecule is CCN(Cc1ccc(CN2CCN(c3ncccc3OC(=O)C(C)C)CC2)cc1)Cc1ccccc1F. The number of piperazine rings is 1. The van der Waals surface area contributed by atoms with Gasteiger partial charge in [-0.25, -0.2) is 9.37 Å². The minimum absolute atomic E-state index is 0.146. The van der Waals surface area contributed by atoms with Gasteiger partial charge in [0.2, 0.25) is 0 Å². The van der Waals surface area contributed by atoms with Gasteiger partial charge in [-0.15, -0.1) is 0 Å². The van der Waals surface area contributed by atoms with Crippen molar-refractivity contribution in [3.8, 4) is 5.75 Å². The van der Waals surface area contributed by atoms with Gasteiger partial charge < -0.3 is 9.64 Å². The van der Waals surface area contributed by atoms with Crippen molar-refractivity contribution in [3.05, 3.63) is 89.4 Å². The number of carbonyl (C=O) groups excluding carboxylic acids is 1. The van der Waals surface area contributed by atoms with Gasteiger partial charge in [-0.2, -0.15) is 0 Å². The first-order chi connectivity index (χ1) is 17.9. The van der Waals surface area contributed by atoms with E-state index in [9.17, 15) is 9.18 Å². The molecule has 0 spiro atoms. The maximum Gasteiger partial charge on any atom is 0.313 e. The fraction of sp³-hybridized carbons (Fsp3) is 0.400. The number of rotatable bonds is 10. The quantitative estimate of drug-likeness (QED) is 0.357. The highest BCUT2D eigenvalue weighted by Crippen LogP contribution is 2.27. The van der Waals surface area contributed by atoms with Gasteiger partial charge in [0, 0.05) is 57.6 Å². The number of anilines is 1. The lowest BCUT2D eigenvalue weighted by Gasteiger charge is -2.35. The monoisotopic (exact) mass is 504 g/mol. The zero-order valence-corrected chi connectivity index (χ0v) is 22.1. The minimum Gasteiger partial charge on any atom is -0.422 e. The van der Waals surface area contributed by atoms with Crippen molar-refractivity contribution in [2.45, 2.75) is 40.4 Å². The molecule has 0 bridgehead atoms. The number of aromatic nitrogens is 1. The summed E-state index contributed by atoms with van der Waals surface area (Å²) >= 11 is 0. The van der Waals surface area contributed by atoms with Crippen LogP contribution in [0.2, 0.25) is 0 Å². The maximum atomic E-state index is 14.1. The van der Waals surface area contributed by atoms with Crippen molar-refractivity contribution in [1.29, 1.82) is 0 Å². The summed E-state index contributed by atoms with van der Waals surface area (Å²) in [5.41, 5.74) is 3.24. The Morgan fingerprint density at radius 1 is 0.973 bits per heavy atom. The highest BCUT2D eigenvalue weighted by molar-refractivity contribution is 5.76. The molecule has 0 radical (unpaired) electrons. The molecule has 1 saturated heterocycles. The molecule has 1 aliphatic rings. The van der Waals surface area contributed by atoms with Crippen LogP contribution in [0.3, 0.4) is 0 Å². The Labute approximate surface area is 219 Å². The minimum atomic E-state index is -0.245. The second kappa shape index (κ2) is 12.8. The molecule has 2 heterocycles. The van der Waals surface area contributed by atoms with E-state index >= 15 is 0 Å². The van der Waals surface area contributed by atoms with Crippen LogP contribution < -0.4 is 9.64 Å². The summed E-state index contributed by atoms with van der Waals surface area (Å²) in [6.07, 6.45) is 1.74. The molecule has 0 saturated carbocycles. The highest BCUT2D eigenvalue weighted by Gasteiger charge is 2.22. The molecule has 1 aliphatic heterocycles. The molecule has 6 nitrogen and oxygen atoms in total. The largest absolute Gasteiger partial charge is 0.422 e. The molecule has 7 heteroatoms.